The molecule has 0 spiro atoms. The lowest BCUT2D eigenvalue weighted by Crippen LogP contribution is -1.98. The molecule has 2 aromatic rings. The summed E-state index contributed by atoms with van der Waals surface area (Å²) in [7, 11) is 0. The van der Waals surface area contributed by atoms with Crippen LogP contribution >= 0.6 is 11.6 Å². The quantitative estimate of drug-likeness (QED) is 0.786. The van der Waals surface area contributed by atoms with Crippen molar-refractivity contribution in [3.05, 3.63) is 57.3 Å². The van der Waals surface area contributed by atoms with Crippen molar-refractivity contribution in [2.45, 2.75) is 6.92 Å². The van der Waals surface area contributed by atoms with Crippen LogP contribution in [0.15, 0.2) is 41.3 Å². The lowest BCUT2D eigenvalue weighted by molar-refractivity contribution is 1.30. The Kier molecular flexibility index (Phi) is 2.60. The first kappa shape index (κ1) is 9.99. The Hall–Kier alpha value is -1.54. The largest absolute Gasteiger partial charge is 0.361 e. The van der Waals surface area contributed by atoms with E-state index in [-0.39, 0.29) is 5.43 Å². The van der Waals surface area contributed by atoms with Gasteiger partial charge in [0.1, 0.15) is 0 Å². The summed E-state index contributed by atoms with van der Waals surface area (Å²) in [5, 5.41) is 0.650. The van der Waals surface area contributed by atoms with Gasteiger partial charge in [0.2, 0.25) is 0 Å². The number of benzene rings is 1. The van der Waals surface area contributed by atoms with Crippen molar-refractivity contribution in [3.63, 3.8) is 0 Å². The molecule has 0 atom stereocenters. The summed E-state index contributed by atoms with van der Waals surface area (Å²) in [6.45, 7) is 1.98. The maximum absolute atomic E-state index is 11.2. The average molecular weight is 220 g/mol. The molecular weight excluding hydrogens is 210 g/mol. The minimum Gasteiger partial charge on any atom is -0.361 e. The van der Waals surface area contributed by atoms with Crippen molar-refractivity contribution < 1.29 is 0 Å². The van der Waals surface area contributed by atoms with Gasteiger partial charge in [-0.05, 0) is 18.6 Å². The van der Waals surface area contributed by atoms with Gasteiger partial charge in [0, 0.05) is 23.9 Å². The molecule has 1 aromatic carbocycles. The van der Waals surface area contributed by atoms with Gasteiger partial charge in [0.15, 0.2) is 5.43 Å². The maximum atomic E-state index is 11.2. The van der Waals surface area contributed by atoms with Crippen molar-refractivity contribution in [3.8, 4) is 11.3 Å². The van der Waals surface area contributed by atoms with Gasteiger partial charge in [0.25, 0.3) is 0 Å². The molecule has 0 unspecified atom stereocenters. The Morgan fingerprint density at radius 3 is 2.67 bits per heavy atom. The van der Waals surface area contributed by atoms with Crippen molar-refractivity contribution in [2.24, 2.45) is 0 Å². The van der Waals surface area contributed by atoms with Crippen LogP contribution in [0.1, 0.15) is 5.56 Å². The average Bonchev–Trinajstić information content (AvgIpc) is 2.17. The minimum absolute atomic E-state index is 0.0274. The molecule has 1 heterocycles. The molecule has 0 aliphatic rings. The van der Waals surface area contributed by atoms with E-state index >= 15 is 0 Å². The fraction of sp³-hybridized carbons (Fsp3) is 0.0833. The standard InChI is InChI=1S/C12H10ClNO/c1-8-2-3-10(11(13)6-8)12-7-9(15)4-5-14-12/h2-7H,1H3,(H,14,15). The summed E-state index contributed by atoms with van der Waals surface area (Å²) in [4.78, 5) is 14.2. The minimum atomic E-state index is -0.0274. The van der Waals surface area contributed by atoms with Gasteiger partial charge in [-0.15, -0.1) is 0 Å². The third-order valence-electron chi connectivity index (χ3n) is 2.19. The zero-order valence-corrected chi connectivity index (χ0v) is 9.01. The summed E-state index contributed by atoms with van der Waals surface area (Å²) in [5.74, 6) is 0. The predicted molar refractivity (Wildman–Crippen MR) is 62.2 cm³/mol. The van der Waals surface area contributed by atoms with Crippen molar-refractivity contribution in [2.75, 3.05) is 0 Å². The second-order valence-electron chi connectivity index (χ2n) is 3.42. The molecule has 2 rings (SSSR count). The highest BCUT2D eigenvalue weighted by molar-refractivity contribution is 6.33. The monoisotopic (exact) mass is 219 g/mol. The maximum Gasteiger partial charge on any atom is 0.182 e. The normalized spacial score (nSPS) is 10.3. The Labute approximate surface area is 92.5 Å². The van der Waals surface area contributed by atoms with Crippen molar-refractivity contribution in [1.29, 1.82) is 0 Å². The van der Waals surface area contributed by atoms with Gasteiger partial charge < -0.3 is 4.98 Å². The van der Waals surface area contributed by atoms with E-state index in [4.69, 9.17) is 11.6 Å². The Morgan fingerprint density at radius 1 is 1.20 bits per heavy atom. The molecule has 0 saturated heterocycles. The van der Waals surface area contributed by atoms with Crippen LogP contribution in [-0.2, 0) is 0 Å². The van der Waals surface area contributed by atoms with Crippen molar-refractivity contribution in [1.82, 2.24) is 4.98 Å². The Balaban J connectivity index is 2.59. The number of nitrogens with one attached hydrogen (secondary N) is 1. The van der Waals surface area contributed by atoms with Gasteiger partial charge in [0.05, 0.1) is 10.7 Å². The smallest absolute Gasteiger partial charge is 0.182 e. The lowest BCUT2D eigenvalue weighted by Gasteiger charge is -2.04. The summed E-state index contributed by atoms with van der Waals surface area (Å²) in [6, 6.07) is 8.76. The van der Waals surface area contributed by atoms with E-state index < -0.39 is 0 Å². The molecule has 0 saturated carbocycles. The van der Waals surface area contributed by atoms with Gasteiger partial charge in [-0.1, -0.05) is 23.7 Å². The predicted octanol–water partition coefficient (Wildman–Crippen LogP) is 3.00. The molecule has 1 N–H and O–H groups in total. The Bertz CT molecular complexity index is 545. The van der Waals surface area contributed by atoms with E-state index in [9.17, 15) is 4.79 Å². The zero-order chi connectivity index (χ0) is 10.8. The fourth-order valence-corrected chi connectivity index (χ4v) is 1.78. The summed E-state index contributed by atoms with van der Waals surface area (Å²) >= 11 is 6.09. The lowest BCUT2D eigenvalue weighted by atomic mass is 10.1. The summed E-state index contributed by atoms with van der Waals surface area (Å²) in [5.41, 5.74) is 2.66. The highest BCUT2D eigenvalue weighted by Gasteiger charge is 2.03. The van der Waals surface area contributed by atoms with E-state index in [1.807, 2.05) is 25.1 Å². The molecule has 2 nitrogen and oxygen atoms in total. The van der Waals surface area contributed by atoms with Crippen molar-refractivity contribution >= 4 is 11.6 Å². The highest BCUT2D eigenvalue weighted by Crippen LogP contribution is 2.26. The van der Waals surface area contributed by atoms with Crippen LogP contribution in [0.25, 0.3) is 11.3 Å². The third kappa shape index (κ3) is 2.10. The molecule has 0 bridgehead atoms. The number of hydrogen-bond acceptors (Lipinski definition) is 1. The van der Waals surface area contributed by atoms with E-state index in [2.05, 4.69) is 4.98 Å². The second-order valence-corrected chi connectivity index (χ2v) is 3.83. The first-order chi connectivity index (χ1) is 7.16. The molecule has 1 aromatic heterocycles. The number of aromatic amines is 1. The van der Waals surface area contributed by atoms with Gasteiger partial charge in [-0.3, -0.25) is 4.79 Å². The van der Waals surface area contributed by atoms with Crippen LogP contribution in [0.3, 0.4) is 0 Å². The number of aromatic nitrogens is 1. The molecule has 15 heavy (non-hydrogen) atoms. The number of pyridine rings is 1. The molecule has 3 heteroatoms. The number of aryl methyl sites for hydroxylation is 1. The van der Waals surface area contributed by atoms with E-state index in [1.54, 1.807) is 6.20 Å². The molecule has 0 amide bonds. The molecule has 76 valence electrons. The van der Waals surface area contributed by atoms with Crippen LogP contribution in [-0.4, -0.2) is 4.98 Å². The number of rotatable bonds is 1. The highest BCUT2D eigenvalue weighted by atomic mass is 35.5. The van der Waals surface area contributed by atoms with Gasteiger partial charge in [-0.25, -0.2) is 0 Å². The first-order valence-electron chi connectivity index (χ1n) is 4.62. The molecule has 0 aliphatic heterocycles. The van der Waals surface area contributed by atoms with Crippen LogP contribution < -0.4 is 5.43 Å². The van der Waals surface area contributed by atoms with Gasteiger partial charge in [-0.2, -0.15) is 0 Å². The van der Waals surface area contributed by atoms with Crippen LogP contribution in [0.2, 0.25) is 5.02 Å². The summed E-state index contributed by atoms with van der Waals surface area (Å²) in [6.07, 6.45) is 1.62. The first-order valence-corrected chi connectivity index (χ1v) is 5.00. The Morgan fingerprint density at radius 2 is 2.00 bits per heavy atom. The summed E-state index contributed by atoms with van der Waals surface area (Å²) < 4.78 is 0. The molecular formula is C12H10ClNO. The SMILES string of the molecule is Cc1ccc(-c2cc(=O)cc[nH]2)c(Cl)c1. The fourth-order valence-electron chi connectivity index (χ4n) is 1.44. The molecule has 0 fully saturated rings. The molecule has 0 radical (unpaired) electrons. The second kappa shape index (κ2) is 3.91. The number of H-pyrrole nitrogens is 1. The van der Waals surface area contributed by atoms with E-state index in [1.165, 1.54) is 12.1 Å². The zero-order valence-electron chi connectivity index (χ0n) is 8.25. The third-order valence-corrected chi connectivity index (χ3v) is 2.50. The topological polar surface area (TPSA) is 32.9 Å². The molecule has 0 aliphatic carbocycles. The van der Waals surface area contributed by atoms with Crippen LogP contribution in [0.4, 0.5) is 0 Å². The van der Waals surface area contributed by atoms with Gasteiger partial charge >= 0.3 is 0 Å². The number of hydrogen-bond donors (Lipinski definition) is 1. The van der Waals surface area contributed by atoms with E-state index in [0.717, 1.165) is 16.8 Å². The van der Waals surface area contributed by atoms with Crippen LogP contribution in [0, 0.1) is 6.92 Å². The van der Waals surface area contributed by atoms with Crippen LogP contribution in [0.5, 0.6) is 0 Å². The number of halogens is 1. The van der Waals surface area contributed by atoms with E-state index in [0.29, 0.717) is 5.02 Å².